The fourth-order valence-corrected chi connectivity index (χ4v) is 2.63. The van der Waals surface area contributed by atoms with E-state index in [2.05, 4.69) is 0 Å². The standard InChI is InChI=1S/C16H10N2O2/c19-15-14(11-6-2-1-3-7-11)16(20)18-13-9-5-4-8-12(13)10-17(15)18/h1-10H/p+1. The highest BCUT2D eigenvalue weighted by Gasteiger charge is 2.40. The van der Waals surface area contributed by atoms with Gasteiger partial charge in [-0.25, -0.2) is 0 Å². The molecule has 0 spiro atoms. The zero-order valence-electron chi connectivity index (χ0n) is 10.5. The van der Waals surface area contributed by atoms with Gasteiger partial charge in [0.25, 0.3) is 0 Å². The largest absolute Gasteiger partial charge is 0.457 e. The Kier molecular flexibility index (Phi) is 2.09. The summed E-state index contributed by atoms with van der Waals surface area (Å²) in [6, 6.07) is 16.8. The summed E-state index contributed by atoms with van der Waals surface area (Å²) in [4.78, 5) is 12.6. The molecule has 4 rings (SSSR count). The third kappa shape index (κ3) is 1.30. The van der Waals surface area contributed by atoms with Crippen LogP contribution in [0, 0.1) is 0 Å². The fraction of sp³-hybridized carbons (Fsp3) is 0. The van der Waals surface area contributed by atoms with Crippen LogP contribution in [0.2, 0.25) is 0 Å². The lowest BCUT2D eigenvalue weighted by Crippen LogP contribution is -2.38. The summed E-state index contributed by atoms with van der Waals surface area (Å²) in [7, 11) is 0. The molecule has 2 heterocycles. The molecule has 4 heteroatoms. The topological polar surface area (TPSA) is 46.1 Å². The normalized spacial score (nSPS) is 14.1. The number of aliphatic hydroxyl groups is 1. The Morgan fingerprint density at radius 1 is 0.950 bits per heavy atom. The highest BCUT2D eigenvalue weighted by Crippen LogP contribution is 2.26. The van der Waals surface area contributed by atoms with Gasteiger partial charge >= 0.3 is 11.8 Å². The maximum absolute atomic E-state index is 12.6. The van der Waals surface area contributed by atoms with Gasteiger partial charge in [-0.2, -0.15) is 0 Å². The third-order valence-corrected chi connectivity index (χ3v) is 3.55. The third-order valence-electron chi connectivity index (χ3n) is 3.55. The Bertz CT molecular complexity index is 876. The Hall–Kier alpha value is -2.88. The van der Waals surface area contributed by atoms with Crippen LogP contribution in [0.15, 0.2) is 60.8 Å². The number of aliphatic hydroxyl groups excluding tert-OH is 1. The number of carbonyl (C=O) groups is 1. The maximum atomic E-state index is 12.6. The molecule has 96 valence electrons. The molecule has 0 saturated carbocycles. The summed E-state index contributed by atoms with van der Waals surface area (Å²) in [5.74, 6) is -0.243. The van der Waals surface area contributed by atoms with E-state index in [9.17, 15) is 9.90 Å². The summed E-state index contributed by atoms with van der Waals surface area (Å²) < 4.78 is 2.99. The van der Waals surface area contributed by atoms with Crippen LogP contribution in [-0.2, 0) is 0 Å². The monoisotopic (exact) mass is 263 g/mol. The van der Waals surface area contributed by atoms with Crippen molar-refractivity contribution in [2.75, 3.05) is 0 Å². The van der Waals surface area contributed by atoms with Crippen molar-refractivity contribution in [2.24, 2.45) is 0 Å². The van der Waals surface area contributed by atoms with E-state index in [0.717, 1.165) is 16.5 Å². The van der Waals surface area contributed by atoms with E-state index < -0.39 is 0 Å². The van der Waals surface area contributed by atoms with Gasteiger partial charge in [-0.1, -0.05) is 47.1 Å². The first kappa shape index (κ1) is 11.0. The zero-order chi connectivity index (χ0) is 13.7. The molecule has 0 radical (unpaired) electrons. The second-order valence-electron chi connectivity index (χ2n) is 4.71. The number of allylic oxidation sites excluding steroid dienone is 1. The van der Waals surface area contributed by atoms with E-state index in [1.54, 1.807) is 6.20 Å². The predicted octanol–water partition coefficient (Wildman–Crippen LogP) is 2.47. The van der Waals surface area contributed by atoms with Gasteiger partial charge in [0.1, 0.15) is 5.52 Å². The summed E-state index contributed by atoms with van der Waals surface area (Å²) in [5, 5.41) is 11.3. The Morgan fingerprint density at radius 2 is 1.65 bits per heavy atom. The van der Waals surface area contributed by atoms with Crippen molar-refractivity contribution in [3.63, 3.8) is 0 Å². The lowest BCUT2D eigenvalue weighted by Gasteiger charge is -1.97. The summed E-state index contributed by atoms with van der Waals surface area (Å²) in [5.41, 5.74) is 1.83. The van der Waals surface area contributed by atoms with Crippen LogP contribution < -0.4 is 4.68 Å². The zero-order valence-corrected chi connectivity index (χ0v) is 10.5. The molecule has 1 N–H and O–H groups in total. The van der Waals surface area contributed by atoms with Crippen LogP contribution in [-0.4, -0.2) is 15.7 Å². The summed E-state index contributed by atoms with van der Waals surface area (Å²) >= 11 is 0. The van der Waals surface area contributed by atoms with Gasteiger partial charge in [0.15, 0.2) is 5.57 Å². The maximum Gasteiger partial charge on any atom is 0.409 e. The number of para-hydroxylation sites is 1. The van der Waals surface area contributed by atoms with Crippen molar-refractivity contribution < 1.29 is 14.6 Å². The molecule has 1 aromatic heterocycles. The second kappa shape index (κ2) is 3.81. The van der Waals surface area contributed by atoms with Gasteiger partial charge in [-0.05, 0) is 22.4 Å². The number of hydrogen-bond acceptors (Lipinski definition) is 2. The molecule has 0 aliphatic carbocycles. The number of fused-ring (bicyclic) bond motifs is 3. The van der Waals surface area contributed by atoms with E-state index in [-0.39, 0.29) is 11.8 Å². The smallest absolute Gasteiger partial charge is 0.409 e. The van der Waals surface area contributed by atoms with Crippen molar-refractivity contribution >= 4 is 28.3 Å². The minimum atomic E-state index is -0.213. The quantitative estimate of drug-likeness (QED) is 0.685. The molecular weight excluding hydrogens is 252 g/mol. The predicted molar refractivity (Wildman–Crippen MR) is 74.9 cm³/mol. The lowest BCUT2D eigenvalue weighted by molar-refractivity contribution is -0.666. The van der Waals surface area contributed by atoms with Gasteiger partial charge in [-0.3, -0.25) is 4.79 Å². The van der Waals surface area contributed by atoms with Crippen LogP contribution in [0.5, 0.6) is 0 Å². The highest BCUT2D eigenvalue weighted by molar-refractivity contribution is 6.26. The van der Waals surface area contributed by atoms with Crippen LogP contribution in [0.4, 0.5) is 0 Å². The van der Waals surface area contributed by atoms with Crippen molar-refractivity contribution in [3.05, 3.63) is 66.4 Å². The molecule has 2 aromatic carbocycles. The van der Waals surface area contributed by atoms with E-state index >= 15 is 0 Å². The van der Waals surface area contributed by atoms with Crippen LogP contribution in [0.25, 0.3) is 22.4 Å². The van der Waals surface area contributed by atoms with Crippen molar-refractivity contribution in [2.45, 2.75) is 0 Å². The van der Waals surface area contributed by atoms with Gasteiger partial charge < -0.3 is 5.11 Å². The molecule has 1 aliphatic rings. The molecule has 0 fully saturated rings. The van der Waals surface area contributed by atoms with E-state index in [0.29, 0.717) is 5.57 Å². The van der Waals surface area contributed by atoms with Crippen molar-refractivity contribution in [3.8, 4) is 0 Å². The number of nitrogens with zero attached hydrogens (tertiary/aromatic N) is 2. The molecule has 4 nitrogen and oxygen atoms in total. The summed E-state index contributed by atoms with van der Waals surface area (Å²) in [6.07, 6.45) is 1.76. The minimum absolute atomic E-state index is 0.0302. The van der Waals surface area contributed by atoms with Crippen LogP contribution in [0.3, 0.4) is 0 Å². The first-order valence-corrected chi connectivity index (χ1v) is 6.33. The van der Waals surface area contributed by atoms with Gasteiger partial charge in [0.05, 0.1) is 5.39 Å². The van der Waals surface area contributed by atoms with E-state index in [4.69, 9.17) is 0 Å². The molecule has 0 bridgehead atoms. The minimum Gasteiger partial charge on any atom is -0.457 e. The SMILES string of the molecule is O=C1C(c2ccccc2)=C(O)[n+]2cc3ccccc3n21. The summed E-state index contributed by atoms with van der Waals surface area (Å²) in [6.45, 7) is 0. The van der Waals surface area contributed by atoms with Gasteiger partial charge in [-0.15, -0.1) is 0 Å². The van der Waals surface area contributed by atoms with Crippen molar-refractivity contribution in [1.82, 2.24) is 4.68 Å². The molecule has 0 unspecified atom stereocenters. The molecule has 0 amide bonds. The molecule has 1 aliphatic heterocycles. The number of benzene rings is 2. The average molecular weight is 263 g/mol. The Balaban J connectivity index is 2.00. The molecule has 0 saturated heterocycles. The fourth-order valence-electron chi connectivity index (χ4n) is 2.63. The van der Waals surface area contributed by atoms with E-state index in [1.165, 1.54) is 9.36 Å². The highest BCUT2D eigenvalue weighted by atomic mass is 16.3. The van der Waals surface area contributed by atoms with Gasteiger partial charge in [0.2, 0.25) is 6.20 Å². The molecule has 0 atom stereocenters. The number of carbonyl (C=O) groups excluding carboxylic acids is 1. The Morgan fingerprint density at radius 3 is 2.45 bits per heavy atom. The first-order chi connectivity index (χ1) is 9.77. The second-order valence-corrected chi connectivity index (χ2v) is 4.71. The Labute approximate surface area is 114 Å². The molecular formula is C16H11N2O2+. The number of hydrogen-bond donors (Lipinski definition) is 1. The average Bonchev–Trinajstić information content (AvgIpc) is 2.97. The van der Waals surface area contributed by atoms with Gasteiger partial charge in [0, 0.05) is 0 Å². The lowest BCUT2D eigenvalue weighted by atomic mass is 10.1. The van der Waals surface area contributed by atoms with E-state index in [1.807, 2.05) is 54.6 Å². The molecule has 3 aromatic rings. The van der Waals surface area contributed by atoms with Crippen molar-refractivity contribution in [1.29, 1.82) is 0 Å². The van der Waals surface area contributed by atoms with Crippen LogP contribution in [0.1, 0.15) is 10.4 Å². The van der Waals surface area contributed by atoms with Crippen LogP contribution >= 0.6 is 0 Å². The number of aromatic nitrogens is 2. The molecule has 20 heavy (non-hydrogen) atoms. The first-order valence-electron chi connectivity index (χ1n) is 6.33. The number of rotatable bonds is 1.